The Morgan fingerprint density at radius 1 is 1.56 bits per heavy atom. The molecule has 1 saturated carbocycles. The Morgan fingerprint density at radius 2 is 2.33 bits per heavy atom. The van der Waals surface area contributed by atoms with Gasteiger partial charge in [-0.15, -0.1) is 0 Å². The van der Waals surface area contributed by atoms with E-state index in [1.807, 2.05) is 0 Å². The van der Waals surface area contributed by atoms with Crippen LogP contribution in [0.2, 0.25) is 5.02 Å². The minimum atomic E-state index is -0.0869. The van der Waals surface area contributed by atoms with Crippen LogP contribution in [0.3, 0.4) is 0 Å². The van der Waals surface area contributed by atoms with E-state index in [0.29, 0.717) is 22.4 Å². The zero-order valence-electron chi connectivity index (χ0n) is 10.5. The maximum atomic E-state index is 11.9. The van der Waals surface area contributed by atoms with Gasteiger partial charge in [0, 0.05) is 18.8 Å². The van der Waals surface area contributed by atoms with Crippen molar-refractivity contribution in [3.63, 3.8) is 0 Å². The van der Waals surface area contributed by atoms with Crippen LogP contribution >= 0.6 is 11.6 Å². The molecule has 18 heavy (non-hydrogen) atoms. The van der Waals surface area contributed by atoms with Crippen LogP contribution in [-0.4, -0.2) is 23.5 Å². The van der Waals surface area contributed by atoms with Crippen molar-refractivity contribution >= 4 is 23.3 Å². The summed E-state index contributed by atoms with van der Waals surface area (Å²) in [6.07, 6.45) is 5.91. The second-order valence-electron chi connectivity index (χ2n) is 4.58. The lowest BCUT2D eigenvalue weighted by Gasteiger charge is -2.26. The number of anilines is 1. The number of nitrogens with zero attached hydrogens (tertiary/aromatic N) is 1. The van der Waals surface area contributed by atoms with Gasteiger partial charge in [-0.25, -0.2) is 4.98 Å². The first-order valence-corrected chi connectivity index (χ1v) is 6.78. The van der Waals surface area contributed by atoms with Crippen molar-refractivity contribution in [2.45, 2.75) is 38.6 Å². The molecule has 0 unspecified atom stereocenters. The zero-order chi connectivity index (χ0) is 13.0. The molecule has 2 N–H and O–H groups in total. The number of hydrogen-bond donors (Lipinski definition) is 2. The number of pyridine rings is 1. The molecule has 1 aromatic rings. The quantitative estimate of drug-likeness (QED) is 0.863. The van der Waals surface area contributed by atoms with E-state index in [2.05, 4.69) is 22.5 Å². The Hall–Kier alpha value is -1.29. The molecule has 0 aliphatic heterocycles. The minimum absolute atomic E-state index is 0.0869. The van der Waals surface area contributed by atoms with Gasteiger partial charge in [-0.2, -0.15) is 0 Å². The van der Waals surface area contributed by atoms with Crippen LogP contribution in [-0.2, 0) is 0 Å². The minimum Gasteiger partial charge on any atom is -0.369 e. The smallest absolute Gasteiger partial charge is 0.253 e. The topological polar surface area (TPSA) is 54.0 Å². The molecule has 0 bridgehead atoms. The second kappa shape index (κ2) is 6.05. The third kappa shape index (κ3) is 3.13. The van der Waals surface area contributed by atoms with Crippen molar-refractivity contribution in [1.29, 1.82) is 0 Å². The molecular formula is C13H18ClN3O. The van der Waals surface area contributed by atoms with Crippen LogP contribution in [0, 0.1) is 0 Å². The highest BCUT2D eigenvalue weighted by Crippen LogP contribution is 2.22. The van der Waals surface area contributed by atoms with Crippen LogP contribution in [0.4, 0.5) is 5.82 Å². The van der Waals surface area contributed by atoms with Crippen LogP contribution in [0.25, 0.3) is 0 Å². The summed E-state index contributed by atoms with van der Waals surface area (Å²) in [5.41, 5.74) is 0.522. The molecule has 1 aliphatic carbocycles. The Bertz CT molecular complexity index is 432. The van der Waals surface area contributed by atoms with Crippen molar-refractivity contribution in [1.82, 2.24) is 10.3 Å². The summed E-state index contributed by atoms with van der Waals surface area (Å²) in [5, 5.41) is 6.57. The predicted molar refractivity (Wildman–Crippen MR) is 73.1 cm³/mol. The average Bonchev–Trinajstić information content (AvgIpc) is 2.32. The van der Waals surface area contributed by atoms with Gasteiger partial charge in [0.1, 0.15) is 5.82 Å². The highest BCUT2D eigenvalue weighted by molar-refractivity contribution is 6.33. The predicted octanol–water partition coefficient (Wildman–Crippen LogP) is 2.84. The fraction of sp³-hybridized carbons (Fsp3) is 0.538. The van der Waals surface area contributed by atoms with Crippen molar-refractivity contribution in [2.75, 3.05) is 11.9 Å². The molecule has 1 amide bonds. The molecule has 0 atom stereocenters. The third-order valence-electron chi connectivity index (χ3n) is 3.09. The zero-order valence-corrected chi connectivity index (χ0v) is 11.3. The molecule has 0 radical (unpaired) electrons. The summed E-state index contributed by atoms with van der Waals surface area (Å²) < 4.78 is 0. The number of nitrogens with one attached hydrogen (secondary N) is 2. The van der Waals surface area contributed by atoms with Crippen LogP contribution in [0.15, 0.2) is 12.3 Å². The first kappa shape index (κ1) is 13.1. The molecule has 0 spiro atoms. The Kier molecular flexibility index (Phi) is 4.42. The Labute approximate surface area is 112 Å². The maximum absolute atomic E-state index is 11.9. The lowest BCUT2D eigenvalue weighted by molar-refractivity contribution is 0.0916. The summed E-state index contributed by atoms with van der Waals surface area (Å²) in [6.45, 7) is 2.89. The van der Waals surface area contributed by atoms with E-state index >= 15 is 0 Å². The molecule has 0 saturated heterocycles. The van der Waals surface area contributed by atoms with Crippen LogP contribution < -0.4 is 10.6 Å². The number of amides is 1. The molecule has 1 heterocycles. The molecule has 4 nitrogen and oxygen atoms in total. The average molecular weight is 268 g/mol. The number of aromatic nitrogens is 1. The number of carbonyl (C=O) groups is 1. The number of halogens is 1. The normalized spacial score (nSPS) is 15.0. The molecule has 2 rings (SSSR count). The molecule has 1 fully saturated rings. The maximum Gasteiger partial charge on any atom is 0.253 e. The van der Waals surface area contributed by atoms with Gasteiger partial charge in [0.05, 0.1) is 10.6 Å². The fourth-order valence-corrected chi connectivity index (χ4v) is 1.99. The van der Waals surface area contributed by atoms with Gasteiger partial charge in [-0.3, -0.25) is 4.79 Å². The van der Waals surface area contributed by atoms with E-state index in [4.69, 9.17) is 11.6 Å². The highest BCUT2D eigenvalue weighted by atomic mass is 35.5. The summed E-state index contributed by atoms with van der Waals surface area (Å²) >= 11 is 6.09. The van der Waals surface area contributed by atoms with E-state index in [9.17, 15) is 4.79 Å². The van der Waals surface area contributed by atoms with Gasteiger partial charge in [-0.05, 0) is 31.7 Å². The van der Waals surface area contributed by atoms with Crippen molar-refractivity contribution in [3.05, 3.63) is 22.8 Å². The monoisotopic (exact) mass is 267 g/mol. The van der Waals surface area contributed by atoms with Crippen LogP contribution in [0.5, 0.6) is 0 Å². The van der Waals surface area contributed by atoms with E-state index in [1.165, 1.54) is 6.42 Å². The Balaban J connectivity index is 2.00. The molecule has 1 aromatic heterocycles. The van der Waals surface area contributed by atoms with Gasteiger partial charge >= 0.3 is 0 Å². The van der Waals surface area contributed by atoms with Gasteiger partial charge < -0.3 is 10.6 Å². The van der Waals surface area contributed by atoms with Gasteiger partial charge in [0.25, 0.3) is 5.91 Å². The third-order valence-corrected chi connectivity index (χ3v) is 3.37. The van der Waals surface area contributed by atoms with Gasteiger partial charge in [-0.1, -0.05) is 18.5 Å². The molecule has 0 aromatic carbocycles. The first-order chi connectivity index (χ1) is 8.70. The fourth-order valence-electron chi connectivity index (χ4n) is 1.76. The lowest BCUT2D eigenvalue weighted by atomic mass is 9.93. The lowest BCUT2D eigenvalue weighted by Crippen LogP contribution is -2.39. The molecule has 5 heteroatoms. The van der Waals surface area contributed by atoms with E-state index in [1.54, 1.807) is 12.3 Å². The SMILES string of the molecule is CCCNc1ncc(C(=O)NC2CCC2)cc1Cl. The second-order valence-corrected chi connectivity index (χ2v) is 4.99. The van der Waals surface area contributed by atoms with Gasteiger partial charge in [0.2, 0.25) is 0 Å². The number of rotatable bonds is 5. The standard InChI is InChI=1S/C13H18ClN3O/c1-2-6-15-12-11(14)7-9(8-16-12)13(18)17-10-4-3-5-10/h7-8,10H,2-6H2,1H3,(H,15,16)(H,17,18). The first-order valence-electron chi connectivity index (χ1n) is 6.41. The Morgan fingerprint density at radius 3 is 2.89 bits per heavy atom. The summed E-state index contributed by atoms with van der Waals surface area (Å²) in [7, 11) is 0. The van der Waals surface area contributed by atoms with E-state index in [-0.39, 0.29) is 5.91 Å². The van der Waals surface area contributed by atoms with E-state index in [0.717, 1.165) is 25.8 Å². The summed E-state index contributed by atoms with van der Waals surface area (Å²) in [5.74, 6) is 0.551. The highest BCUT2D eigenvalue weighted by Gasteiger charge is 2.20. The number of carbonyl (C=O) groups excluding carboxylic acids is 1. The summed E-state index contributed by atoms with van der Waals surface area (Å²) in [6, 6.07) is 2.00. The molecule has 1 aliphatic rings. The van der Waals surface area contributed by atoms with Gasteiger partial charge in [0.15, 0.2) is 0 Å². The van der Waals surface area contributed by atoms with Crippen molar-refractivity contribution in [3.8, 4) is 0 Å². The largest absolute Gasteiger partial charge is 0.369 e. The summed E-state index contributed by atoms with van der Waals surface area (Å²) in [4.78, 5) is 16.1. The van der Waals surface area contributed by atoms with Crippen molar-refractivity contribution in [2.24, 2.45) is 0 Å². The number of hydrogen-bond acceptors (Lipinski definition) is 3. The molecule has 98 valence electrons. The van der Waals surface area contributed by atoms with Crippen LogP contribution in [0.1, 0.15) is 43.0 Å². The molecular weight excluding hydrogens is 250 g/mol. The van der Waals surface area contributed by atoms with E-state index < -0.39 is 0 Å². The van der Waals surface area contributed by atoms with Crippen molar-refractivity contribution < 1.29 is 4.79 Å².